The van der Waals surface area contributed by atoms with Crippen LogP contribution in [-0.4, -0.2) is 47.2 Å². The van der Waals surface area contributed by atoms with E-state index in [0.29, 0.717) is 5.56 Å². The van der Waals surface area contributed by atoms with Crippen molar-refractivity contribution in [3.63, 3.8) is 0 Å². The van der Waals surface area contributed by atoms with Gasteiger partial charge in [-0.05, 0) is 43.0 Å². The van der Waals surface area contributed by atoms with Crippen molar-refractivity contribution in [2.45, 2.75) is 58.5 Å². The van der Waals surface area contributed by atoms with Crippen LogP contribution in [0.1, 0.15) is 55.1 Å². The molecule has 10 heteroatoms. The van der Waals surface area contributed by atoms with Crippen LogP contribution in [0, 0.1) is 17.2 Å². The highest BCUT2D eigenvalue weighted by atomic mass is 19.1. The van der Waals surface area contributed by atoms with E-state index in [1.165, 1.54) is 39.0 Å². The van der Waals surface area contributed by atoms with Crippen molar-refractivity contribution in [1.82, 2.24) is 10.6 Å². The molecule has 0 aromatic heterocycles. The molecule has 3 unspecified atom stereocenters. The van der Waals surface area contributed by atoms with Crippen LogP contribution >= 0.6 is 0 Å². The lowest BCUT2D eigenvalue weighted by molar-refractivity contribution is -0.141. The molecular weight excluding hydrogens is 577 g/mol. The number of carbonyl (C=O) groups excluding carboxylic acids is 6. The summed E-state index contributed by atoms with van der Waals surface area (Å²) < 4.78 is 13.7. The zero-order chi connectivity index (χ0) is 33.1. The van der Waals surface area contributed by atoms with Crippen LogP contribution in [0.3, 0.4) is 0 Å². The van der Waals surface area contributed by atoms with Crippen molar-refractivity contribution in [3.05, 3.63) is 107 Å². The summed E-state index contributed by atoms with van der Waals surface area (Å²) in [6, 6.07) is 20.5. The Morgan fingerprint density at radius 3 is 1.93 bits per heavy atom. The fourth-order valence-corrected chi connectivity index (χ4v) is 4.72. The molecule has 0 saturated carbocycles. The first-order valence-electron chi connectivity index (χ1n) is 14.6. The van der Waals surface area contributed by atoms with Gasteiger partial charge in [0.25, 0.3) is 5.91 Å². The molecule has 0 fully saturated rings. The SMILES string of the molecule is CC(NC(=O)C(CC(=O)c1cccc(F)c1)Cc1ccccc1)C(=O)C(=O)NC(Cc1ccccc1)C(=O)CC(C)(C)C(N)=O. The Balaban J connectivity index is 1.74. The van der Waals surface area contributed by atoms with Gasteiger partial charge in [0, 0.05) is 24.3 Å². The highest BCUT2D eigenvalue weighted by Gasteiger charge is 2.34. The fraction of sp³-hybridized carbons (Fsp3) is 0.314. The minimum atomic E-state index is -1.30. The molecule has 236 valence electrons. The maximum atomic E-state index is 13.7. The van der Waals surface area contributed by atoms with Crippen molar-refractivity contribution >= 4 is 35.1 Å². The molecule has 9 nitrogen and oxygen atoms in total. The van der Waals surface area contributed by atoms with Gasteiger partial charge in [-0.15, -0.1) is 0 Å². The fourth-order valence-electron chi connectivity index (χ4n) is 4.72. The zero-order valence-corrected chi connectivity index (χ0v) is 25.5. The number of nitrogens with two attached hydrogens (primary N) is 1. The van der Waals surface area contributed by atoms with Gasteiger partial charge in [-0.3, -0.25) is 28.8 Å². The normalized spacial score (nSPS) is 13.2. The van der Waals surface area contributed by atoms with E-state index in [-0.39, 0.29) is 31.2 Å². The molecule has 0 heterocycles. The maximum Gasteiger partial charge on any atom is 0.290 e. The number of hydrogen-bond donors (Lipinski definition) is 3. The minimum absolute atomic E-state index is 0.0651. The highest BCUT2D eigenvalue weighted by Crippen LogP contribution is 2.22. The molecule has 0 aliphatic heterocycles. The molecule has 3 rings (SSSR count). The van der Waals surface area contributed by atoms with Gasteiger partial charge < -0.3 is 16.4 Å². The van der Waals surface area contributed by atoms with E-state index < -0.39 is 64.3 Å². The molecular formula is C35H38FN3O6. The van der Waals surface area contributed by atoms with Crippen molar-refractivity contribution in [2.75, 3.05) is 0 Å². The van der Waals surface area contributed by atoms with Gasteiger partial charge in [0.05, 0.1) is 17.5 Å². The van der Waals surface area contributed by atoms with Gasteiger partial charge in [0.2, 0.25) is 17.6 Å². The summed E-state index contributed by atoms with van der Waals surface area (Å²) in [4.78, 5) is 77.6. The third-order valence-electron chi connectivity index (χ3n) is 7.51. The number of rotatable bonds is 16. The summed E-state index contributed by atoms with van der Waals surface area (Å²) in [6.07, 6.45) is -0.304. The third kappa shape index (κ3) is 10.3. The first kappa shape index (κ1) is 34.5. The van der Waals surface area contributed by atoms with E-state index in [2.05, 4.69) is 10.6 Å². The Labute approximate surface area is 261 Å². The summed E-state index contributed by atoms with van der Waals surface area (Å²) in [7, 11) is 0. The zero-order valence-electron chi connectivity index (χ0n) is 25.5. The molecule has 3 atom stereocenters. The summed E-state index contributed by atoms with van der Waals surface area (Å²) in [5.41, 5.74) is 5.85. The first-order chi connectivity index (χ1) is 21.3. The van der Waals surface area contributed by atoms with Gasteiger partial charge >= 0.3 is 0 Å². The van der Waals surface area contributed by atoms with E-state index in [9.17, 15) is 33.2 Å². The van der Waals surface area contributed by atoms with Gasteiger partial charge in [0.1, 0.15) is 5.82 Å². The van der Waals surface area contributed by atoms with Crippen molar-refractivity contribution in [2.24, 2.45) is 17.1 Å². The molecule has 0 aliphatic carbocycles. The smallest absolute Gasteiger partial charge is 0.290 e. The number of halogens is 1. The highest BCUT2D eigenvalue weighted by molar-refractivity contribution is 6.38. The van der Waals surface area contributed by atoms with Crippen LogP contribution < -0.4 is 16.4 Å². The summed E-state index contributed by atoms with van der Waals surface area (Å²) >= 11 is 0. The lowest BCUT2D eigenvalue weighted by Gasteiger charge is -2.24. The number of nitrogens with one attached hydrogen (secondary N) is 2. The predicted molar refractivity (Wildman–Crippen MR) is 166 cm³/mol. The lowest BCUT2D eigenvalue weighted by atomic mass is 9.84. The van der Waals surface area contributed by atoms with E-state index in [1.807, 2.05) is 0 Å². The van der Waals surface area contributed by atoms with Crippen LogP contribution in [0.15, 0.2) is 84.9 Å². The number of Topliss-reactive ketones (excluding diaryl/α,β-unsaturated/α-hetero) is 3. The second kappa shape index (κ2) is 15.7. The molecule has 3 aromatic rings. The summed E-state index contributed by atoms with van der Waals surface area (Å²) in [5.74, 6) is -5.88. The molecule has 0 radical (unpaired) electrons. The van der Waals surface area contributed by atoms with Gasteiger partial charge in [-0.1, -0.05) is 86.6 Å². The Morgan fingerprint density at radius 2 is 1.38 bits per heavy atom. The summed E-state index contributed by atoms with van der Waals surface area (Å²) in [5, 5.41) is 5.01. The van der Waals surface area contributed by atoms with Crippen molar-refractivity contribution in [3.8, 4) is 0 Å². The number of hydrogen-bond acceptors (Lipinski definition) is 6. The van der Waals surface area contributed by atoms with Crippen LogP contribution in [0.4, 0.5) is 4.39 Å². The van der Waals surface area contributed by atoms with E-state index in [1.54, 1.807) is 60.7 Å². The van der Waals surface area contributed by atoms with Gasteiger partial charge in [-0.2, -0.15) is 0 Å². The number of primary amides is 1. The molecule has 45 heavy (non-hydrogen) atoms. The minimum Gasteiger partial charge on any atom is -0.369 e. The second-order valence-corrected chi connectivity index (χ2v) is 11.7. The second-order valence-electron chi connectivity index (χ2n) is 11.7. The number of amides is 3. The van der Waals surface area contributed by atoms with E-state index in [4.69, 9.17) is 5.73 Å². The Bertz CT molecular complexity index is 1540. The first-order valence-corrected chi connectivity index (χ1v) is 14.6. The topological polar surface area (TPSA) is 152 Å². The standard InChI is InChI=1S/C35H38FN3O6/c1-22(31(42)33(44)39-28(18-24-13-8-5-9-14-24)30(41)21-35(2,3)34(37)45)38-32(43)26(17-23-11-6-4-7-12-23)20-29(40)25-15-10-16-27(36)19-25/h4-16,19,22,26,28H,17-18,20-21H2,1-3H3,(H2,37,45)(H,38,43)(H,39,44). The molecule has 0 bridgehead atoms. The quantitative estimate of drug-likeness (QED) is 0.166. The Morgan fingerprint density at radius 1 is 0.800 bits per heavy atom. The third-order valence-corrected chi connectivity index (χ3v) is 7.51. The largest absolute Gasteiger partial charge is 0.369 e. The average Bonchev–Trinajstić information content (AvgIpc) is 3.00. The van der Waals surface area contributed by atoms with Crippen LogP contribution in [0.25, 0.3) is 0 Å². The van der Waals surface area contributed by atoms with E-state index >= 15 is 0 Å². The number of benzene rings is 3. The van der Waals surface area contributed by atoms with Gasteiger partial charge in [0.15, 0.2) is 11.6 Å². The molecule has 3 aromatic carbocycles. The van der Waals surface area contributed by atoms with Crippen LogP contribution in [-0.2, 0) is 36.8 Å². The summed E-state index contributed by atoms with van der Waals surface area (Å²) in [6.45, 7) is 4.36. The molecule has 3 amide bonds. The molecule has 0 saturated heterocycles. The monoisotopic (exact) mass is 615 g/mol. The molecule has 0 aliphatic rings. The predicted octanol–water partition coefficient (Wildman–Crippen LogP) is 3.53. The Kier molecular flexibility index (Phi) is 12.0. The van der Waals surface area contributed by atoms with Gasteiger partial charge in [-0.25, -0.2) is 4.39 Å². The van der Waals surface area contributed by atoms with Crippen molar-refractivity contribution in [1.29, 1.82) is 0 Å². The maximum absolute atomic E-state index is 13.7. The molecule has 4 N–H and O–H groups in total. The lowest BCUT2D eigenvalue weighted by Crippen LogP contribution is -2.52. The van der Waals surface area contributed by atoms with Crippen LogP contribution in [0.5, 0.6) is 0 Å². The van der Waals surface area contributed by atoms with E-state index in [0.717, 1.165) is 11.6 Å². The molecule has 0 spiro atoms. The number of ketones is 3. The Hall–Kier alpha value is -4.99. The van der Waals surface area contributed by atoms with Crippen molar-refractivity contribution < 1.29 is 33.2 Å². The number of carbonyl (C=O) groups is 6. The average molecular weight is 616 g/mol. The van der Waals surface area contributed by atoms with Crippen LogP contribution in [0.2, 0.25) is 0 Å².